The Morgan fingerprint density at radius 1 is 1.05 bits per heavy atom. The molecule has 3 aliphatic carbocycles. The minimum Gasteiger partial charge on any atom is -0.508 e. The van der Waals surface area contributed by atoms with Gasteiger partial charge in [-0.2, -0.15) is 0 Å². The van der Waals surface area contributed by atoms with Crippen molar-refractivity contribution in [2.75, 3.05) is 6.54 Å². The summed E-state index contributed by atoms with van der Waals surface area (Å²) in [6, 6.07) is 6.62. The number of likely N-dealkylation sites (tertiary alicyclic amines) is 1. The van der Waals surface area contributed by atoms with Crippen LogP contribution in [0.2, 0.25) is 0 Å². The fraction of sp³-hybridized carbons (Fsp3) is 0.414. The first-order valence-corrected chi connectivity index (χ1v) is 12.7. The van der Waals surface area contributed by atoms with Gasteiger partial charge in [-0.1, -0.05) is 30.2 Å². The molecule has 4 atom stereocenters. The molecule has 0 radical (unpaired) electrons. The lowest BCUT2D eigenvalue weighted by Gasteiger charge is -2.42. The van der Waals surface area contributed by atoms with Crippen LogP contribution in [-0.4, -0.2) is 51.0 Å². The number of allylic oxidation sites excluding steroid dienone is 6. The van der Waals surface area contributed by atoms with Gasteiger partial charge in [0.25, 0.3) is 0 Å². The van der Waals surface area contributed by atoms with Gasteiger partial charge in [0.05, 0.1) is 11.8 Å². The van der Waals surface area contributed by atoms with Crippen molar-refractivity contribution in [3.05, 3.63) is 64.3 Å². The second-order valence-electron chi connectivity index (χ2n) is 10.4. The minimum absolute atomic E-state index is 0.0408. The van der Waals surface area contributed by atoms with Gasteiger partial charge >= 0.3 is 5.97 Å². The second kappa shape index (κ2) is 9.57. The van der Waals surface area contributed by atoms with Crippen molar-refractivity contribution in [1.29, 1.82) is 0 Å². The Hall–Kier alpha value is -3.81. The summed E-state index contributed by atoms with van der Waals surface area (Å²) in [6.45, 7) is 1.87. The maximum atomic E-state index is 13.6. The second-order valence-corrected chi connectivity index (χ2v) is 10.4. The largest absolute Gasteiger partial charge is 0.508 e. The van der Waals surface area contributed by atoms with Crippen LogP contribution >= 0.6 is 0 Å². The number of carbonyl (C=O) groups is 5. The van der Waals surface area contributed by atoms with Gasteiger partial charge in [0.1, 0.15) is 5.75 Å². The van der Waals surface area contributed by atoms with E-state index in [0.29, 0.717) is 48.0 Å². The van der Waals surface area contributed by atoms with Crippen LogP contribution in [0.4, 0.5) is 0 Å². The molecule has 0 bridgehead atoms. The number of benzene rings is 1. The molecule has 0 spiro atoms. The molecule has 2 N–H and O–H groups in total. The molecule has 37 heavy (non-hydrogen) atoms. The van der Waals surface area contributed by atoms with Gasteiger partial charge in [-0.15, -0.1) is 0 Å². The molecule has 1 fully saturated rings. The Balaban J connectivity index is 1.48. The number of phenols is 1. The molecule has 2 amide bonds. The van der Waals surface area contributed by atoms with Gasteiger partial charge in [-0.05, 0) is 62.3 Å². The average Bonchev–Trinajstić information content (AvgIpc) is 3.10. The van der Waals surface area contributed by atoms with Crippen LogP contribution in [0.1, 0.15) is 56.9 Å². The number of hydrogen-bond acceptors (Lipinski definition) is 6. The van der Waals surface area contributed by atoms with Crippen LogP contribution in [0, 0.1) is 17.8 Å². The lowest BCUT2D eigenvalue weighted by Crippen LogP contribution is -2.39. The van der Waals surface area contributed by atoms with Crippen molar-refractivity contribution in [2.24, 2.45) is 17.8 Å². The predicted molar refractivity (Wildman–Crippen MR) is 132 cm³/mol. The highest BCUT2D eigenvalue weighted by Gasteiger charge is 2.56. The minimum atomic E-state index is -0.869. The highest BCUT2D eigenvalue weighted by atomic mass is 16.4. The molecule has 192 valence electrons. The number of unbranched alkanes of at least 4 members (excludes halogenated alkanes) is 2. The number of nitrogens with zero attached hydrogens (tertiary/aromatic N) is 1. The van der Waals surface area contributed by atoms with Crippen molar-refractivity contribution in [3.8, 4) is 5.75 Å². The third-order valence-corrected chi connectivity index (χ3v) is 8.13. The number of amides is 2. The standard InChI is InChI=1S/C29H29NO7/c1-15-12-22(32)21-14-20-18(24(26(21)27(15)35)16-6-5-7-17(31)13-16)9-10-19-25(20)29(37)30(28(19)36)11-4-2-3-8-23(33)34/h5-7,9,12-13,19-20,24-25,31H,2-4,8,10-11,14H2,1H3,(H,33,34)/t19-,20+,24-,25-/m0/s1. The number of phenolic OH excluding ortho intramolecular Hbond substituents is 1. The molecule has 1 aliphatic heterocycles. The number of aromatic hydroxyl groups is 1. The summed E-state index contributed by atoms with van der Waals surface area (Å²) < 4.78 is 0. The van der Waals surface area contributed by atoms with Gasteiger partial charge in [-0.3, -0.25) is 28.9 Å². The van der Waals surface area contributed by atoms with Crippen molar-refractivity contribution in [3.63, 3.8) is 0 Å². The molecule has 1 aromatic rings. The molecule has 1 heterocycles. The van der Waals surface area contributed by atoms with Crippen LogP contribution in [0.3, 0.4) is 0 Å². The molecule has 4 aliphatic rings. The summed E-state index contributed by atoms with van der Waals surface area (Å²) in [5.74, 6) is -3.87. The molecular weight excluding hydrogens is 474 g/mol. The van der Waals surface area contributed by atoms with Crippen molar-refractivity contribution >= 4 is 29.4 Å². The zero-order chi connectivity index (χ0) is 26.4. The molecule has 1 aromatic carbocycles. The lowest BCUT2D eigenvalue weighted by atomic mass is 9.59. The maximum Gasteiger partial charge on any atom is 0.303 e. The van der Waals surface area contributed by atoms with Crippen LogP contribution < -0.4 is 0 Å². The summed E-state index contributed by atoms with van der Waals surface area (Å²) in [7, 11) is 0. The van der Waals surface area contributed by atoms with Crippen molar-refractivity contribution in [1.82, 2.24) is 4.90 Å². The van der Waals surface area contributed by atoms with E-state index in [4.69, 9.17) is 5.11 Å². The lowest BCUT2D eigenvalue weighted by molar-refractivity contribution is -0.141. The maximum absolute atomic E-state index is 13.6. The zero-order valence-electron chi connectivity index (χ0n) is 20.6. The molecular formula is C29H29NO7. The van der Waals surface area contributed by atoms with E-state index in [0.717, 1.165) is 5.57 Å². The molecule has 8 heteroatoms. The van der Waals surface area contributed by atoms with E-state index < -0.39 is 29.6 Å². The summed E-state index contributed by atoms with van der Waals surface area (Å²) in [4.78, 5) is 65.3. The number of carbonyl (C=O) groups excluding carboxylic acids is 4. The van der Waals surface area contributed by atoms with E-state index in [1.54, 1.807) is 25.1 Å². The van der Waals surface area contributed by atoms with Crippen LogP contribution in [0.5, 0.6) is 5.75 Å². The number of hydrogen-bond donors (Lipinski definition) is 2. The van der Waals surface area contributed by atoms with Crippen LogP contribution in [-0.2, 0) is 24.0 Å². The first kappa shape index (κ1) is 24.9. The van der Waals surface area contributed by atoms with Crippen LogP contribution in [0.15, 0.2) is 58.7 Å². The van der Waals surface area contributed by atoms with Crippen molar-refractivity contribution < 1.29 is 34.2 Å². The van der Waals surface area contributed by atoms with Crippen LogP contribution in [0.25, 0.3) is 0 Å². The average molecular weight is 504 g/mol. The quantitative estimate of drug-likeness (QED) is 0.252. The Kier molecular flexibility index (Phi) is 6.43. The first-order valence-electron chi connectivity index (χ1n) is 12.7. The predicted octanol–water partition coefficient (Wildman–Crippen LogP) is 3.47. The van der Waals surface area contributed by atoms with E-state index in [-0.39, 0.29) is 48.5 Å². The van der Waals surface area contributed by atoms with Gasteiger partial charge in [0.2, 0.25) is 11.8 Å². The highest BCUT2D eigenvalue weighted by molar-refractivity contribution is 6.23. The molecule has 0 saturated carbocycles. The Bertz CT molecular complexity index is 1320. The zero-order valence-corrected chi connectivity index (χ0v) is 20.6. The molecule has 1 saturated heterocycles. The van der Waals surface area contributed by atoms with Gasteiger partial charge in [0, 0.05) is 35.6 Å². The van der Waals surface area contributed by atoms with E-state index in [9.17, 15) is 29.1 Å². The number of rotatable bonds is 7. The number of aliphatic carboxylic acids is 1. The van der Waals surface area contributed by atoms with Gasteiger partial charge < -0.3 is 10.2 Å². The number of fused-ring (bicyclic) bond motifs is 3. The number of imide groups is 1. The van der Waals surface area contributed by atoms with Gasteiger partial charge in [-0.25, -0.2) is 0 Å². The molecule has 0 aromatic heterocycles. The fourth-order valence-corrected chi connectivity index (χ4v) is 6.45. The molecule has 8 nitrogen and oxygen atoms in total. The Labute approximate surface area is 214 Å². The number of Topliss-reactive ketones (excluding diaryl/α,β-unsaturated/α-hetero) is 1. The molecule has 5 rings (SSSR count). The van der Waals surface area contributed by atoms with E-state index in [1.807, 2.05) is 6.08 Å². The highest BCUT2D eigenvalue weighted by Crippen LogP contribution is 2.55. The van der Waals surface area contributed by atoms with E-state index >= 15 is 0 Å². The van der Waals surface area contributed by atoms with E-state index in [1.165, 1.54) is 17.0 Å². The Morgan fingerprint density at radius 2 is 1.84 bits per heavy atom. The monoisotopic (exact) mass is 503 g/mol. The topological polar surface area (TPSA) is 129 Å². The number of carboxylic acids is 1. The molecule has 0 unspecified atom stereocenters. The fourth-order valence-electron chi connectivity index (χ4n) is 6.45. The summed E-state index contributed by atoms with van der Waals surface area (Å²) in [5, 5.41) is 19.0. The van der Waals surface area contributed by atoms with E-state index in [2.05, 4.69) is 0 Å². The third-order valence-electron chi connectivity index (χ3n) is 8.13. The van der Waals surface area contributed by atoms with Gasteiger partial charge in [0.15, 0.2) is 11.6 Å². The number of ketones is 2. The summed E-state index contributed by atoms with van der Waals surface area (Å²) >= 11 is 0. The van der Waals surface area contributed by atoms with Crippen molar-refractivity contribution in [2.45, 2.75) is 51.4 Å². The first-order chi connectivity index (χ1) is 17.7. The number of carboxylic acid groups (broad SMARTS) is 1. The summed E-state index contributed by atoms with van der Waals surface area (Å²) in [5.41, 5.74) is 2.68. The smallest absolute Gasteiger partial charge is 0.303 e. The SMILES string of the molecule is CC1=CC(=O)C2=C(C1=O)[C@@H](c1cccc(O)c1)C1=CC[C@@H]3C(=O)N(CCCCCC(=O)O)C(=O)[C@@H]3[C@@H]1C2. The Morgan fingerprint density at radius 3 is 2.57 bits per heavy atom. The normalized spacial score (nSPS) is 27.0. The third kappa shape index (κ3) is 4.24. The summed E-state index contributed by atoms with van der Waals surface area (Å²) in [6.07, 6.45) is 5.56.